The second-order valence-electron chi connectivity index (χ2n) is 5.39. The Morgan fingerprint density at radius 3 is 2.54 bits per heavy atom. The minimum Gasteiger partial charge on any atom is -0.449 e. The van der Waals surface area contributed by atoms with Gasteiger partial charge in [-0.05, 0) is 39.0 Å². The second-order valence-corrected chi connectivity index (χ2v) is 7.10. The van der Waals surface area contributed by atoms with Crippen molar-refractivity contribution in [2.45, 2.75) is 37.8 Å². The summed E-state index contributed by atoms with van der Waals surface area (Å²) in [6, 6.07) is 5.17. The number of amides is 1. The topological polar surface area (TPSA) is 102 Å². The zero-order valence-electron chi connectivity index (χ0n) is 13.9. The van der Waals surface area contributed by atoms with E-state index in [1.807, 2.05) is 0 Å². The number of rotatable bonds is 8. The van der Waals surface area contributed by atoms with Crippen molar-refractivity contribution in [3.63, 3.8) is 0 Å². The summed E-state index contributed by atoms with van der Waals surface area (Å²) < 4.78 is 31.7. The van der Waals surface area contributed by atoms with Crippen LogP contribution in [0.25, 0.3) is 0 Å². The van der Waals surface area contributed by atoms with Gasteiger partial charge in [0, 0.05) is 12.6 Å². The van der Waals surface area contributed by atoms with Crippen LogP contribution in [-0.4, -0.2) is 39.0 Å². The molecule has 0 fully saturated rings. The lowest BCUT2D eigenvalue weighted by Gasteiger charge is -2.14. The number of esters is 1. The molecule has 0 saturated heterocycles. The molecule has 0 radical (unpaired) electrons. The first-order chi connectivity index (χ1) is 11.2. The van der Waals surface area contributed by atoms with Crippen LogP contribution in [0.1, 0.15) is 31.1 Å². The Morgan fingerprint density at radius 1 is 1.29 bits per heavy atom. The Balaban J connectivity index is 2.88. The van der Waals surface area contributed by atoms with E-state index in [9.17, 15) is 18.0 Å². The van der Waals surface area contributed by atoms with E-state index in [0.29, 0.717) is 0 Å². The van der Waals surface area contributed by atoms with Crippen LogP contribution in [0.15, 0.2) is 41.8 Å². The average Bonchev–Trinajstić information content (AvgIpc) is 2.51. The van der Waals surface area contributed by atoms with Gasteiger partial charge < -0.3 is 10.1 Å². The highest BCUT2D eigenvalue weighted by Crippen LogP contribution is 2.13. The van der Waals surface area contributed by atoms with Gasteiger partial charge in [-0.2, -0.15) is 0 Å². The molecule has 132 valence electrons. The fraction of sp³-hybridized carbons (Fsp3) is 0.375. The number of ether oxygens (including phenoxy) is 1. The van der Waals surface area contributed by atoms with Gasteiger partial charge in [-0.1, -0.05) is 12.1 Å². The summed E-state index contributed by atoms with van der Waals surface area (Å²) in [6.45, 7) is 8.54. The number of hydrogen-bond donors (Lipinski definition) is 2. The Kier molecular flexibility index (Phi) is 7.12. The van der Waals surface area contributed by atoms with E-state index < -0.39 is 28.0 Å². The van der Waals surface area contributed by atoms with Gasteiger partial charge in [-0.15, -0.1) is 6.58 Å². The third-order valence-electron chi connectivity index (χ3n) is 2.84. The Bertz CT molecular complexity index is 713. The van der Waals surface area contributed by atoms with E-state index >= 15 is 0 Å². The molecule has 0 aliphatic heterocycles. The third-order valence-corrected chi connectivity index (χ3v) is 4.50. The van der Waals surface area contributed by atoms with E-state index in [1.165, 1.54) is 37.3 Å². The highest BCUT2D eigenvalue weighted by Gasteiger charge is 2.21. The molecule has 0 spiro atoms. The van der Waals surface area contributed by atoms with Crippen molar-refractivity contribution in [1.29, 1.82) is 0 Å². The highest BCUT2D eigenvalue weighted by molar-refractivity contribution is 7.89. The lowest BCUT2D eigenvalue weighted by Crippen LogP contribution is -2.35. The summed E-state index contributed by atoms with van der Waals surface area (Å²) in [5.41, 5.74) is 0.0463. The number of hydrogen-bond acceptors (Lipinski definition) is 5. The Hall–Kier alpha value is -2.19. The summed E-state index contributed by atoms with van der Waals surface area (Å²) in [6.07, 6.45) is 0.495. The van der Waals surface area contributed by atoms with Crippen LogP contribution >= 0.6 is 0 Å². The molecule has 0 saturated carbocycles. The number of benzene rings is 1. The van der Waals surface area contributed by atoms with Crippen molar-refractivity contribution < 1.29 is 22.7 Å². The molecule has 1 atom stereocenters. The van der Waals surface area contributed by atoms with E-state index in [-0.39, 0.29) is 23.0 Å². The van der Waals surface area contributed by atoms with Gasteiger partial charge in [-0.3, -0.25) is 4.79 Å². The molecule has 0 heterocycles. The summed E-state index contributed by atoms with van der Waals surface area (Å²) in [5.74, 6) is -1.24. The second kappa shape index (κ2) is 8.60. The van der Waals surface area contributed by atoms with Crippen LogP contribution in [0, 0.1) is 0 Å². The molecule has 1 aromatic rings. The molecule has 8 heteroatoms. The van der Waals surface area contributed by atoms with Gasteiger partial charge in [-0.25, -0.2) is 17.9 Å². The normalized spacial score (nSPS) is 12.5. The van der Waals surface area contributed by atoms with E-state index in [0.717, 1.165) is 0 Å². The van der Waals surface area contributed by atoms with Gasteiger partial charge in [0.15, 0.2) is 6.10 Å². The standard InChI is InChI=1S/C16H22N2O5S/c1-5-9-17-15(19)12(4)23-16(20)13-7-6-8-14(10-13)24(21,22)18-11(2)3/h5-8,10-12,18H,1,9H2,2-4H3,(H,17,19)/t12-/m1/s1. The summed E-state index contributed by atoms with van der Waals surface area (Å²) in [7, 11) is -3.72. The summed E-state index contributed by atoms with van der Waals surface area (Å²) >= 11 is 0. The van der Waals surface area contributed by atoms with E-state index in [4.69, 9.17) is 4.74 Å². The van der Waals surface area contributed by atoms with Crippen LogP contribution in [0.2, 0.25) is 0 Å². The fourth-order valence-electron chi connectivity index (χ4n) is 1.77. The predicted molar refractivity (Wildman–Crippen MR) is 90.0 cm³/mol. The molecule has 1 aromatic carbocycles. The van der Waals surface area contributed by atoms with Crippen LogP contribution in [0.5, 0.6) is 0 Å². The van der Waals surface area contributed by atoms with Gasteiger partial charge in [0.25, 0.3) is 5.91 Å². The Labute approximate surface area is 142 Å². The first-order valence-electron chi connectivity index (χ1n) is 7.39. The van der Waals surface area contributed by atoms with Crippen molar-refractivity contribution in [1.82, 2.24) is 10.0 Å². The monoisotopic (exact) mass is 354 g/mol. The van der Waals surface area contributed by atoms with Crippen molar-refractivity contribution in [3.05, 3.63) is 42.5 Å². The summed E-state index contributed by atoms with van der Waals surface area (Å²) in [5, 5.41) is 2.51. The van der Waals surface area contributed by atoms with Gasteiger partial charge in [0.05, 0.1) is 10.5 Å². The van der Waals surface area contributed by atoms with Crippen LogP contribution in [0.4, 0.5) is 0 Å². The van der Waals surface area contributed by atoms with Crippen LogP contribution in [-0.2, 0) is 19.6 Å². The maximum Gasteiger partial charge on any atom is 0.338 e. The van der Waals surface area contributed by atoms with Gasteiger partial charge >= 0.3 is 5.97 Å². The van der Waals surface area contributed by atoms with E-state index in [2.05, 4.69) is 16.6 Å². The van der Waals surface area contributed by atoms with Crippen molar-refractivity contribution in [2.24, 2.45) is 0 Å². The molecule has 24 heavy (non-hydrogen) atoms. The number of carbonyl (C=O) groups excluding carboxylic acids is 2. The quantitative estimate of drug-likeness (QED) is 0.540. The van der Waals surface area contributed by atoms with Crippen molar-refractivity contribution in [2.75, 3.05) is 6.54 Å². The number of sulfonamides is 1. The van der Waals surface area contributed by atoms with Crippen molar-refractivity contribution >= 4 is 21.9 Å². The Morgan fingerprint density at radius 2 is 1.96 bits per heavy atom. The summed E-state index contributed by atoms with van der Waals surface area (Å²) in [4.78, 5) is 23.7. The van der Waals surface area contributed by atoms with E-state index in [1.54, 1.807) is 13.8 Å². The smallest absolute Gasteiger partial charge is 0.338 e. The highest BCUT2D eigenvalue weighted by atomic mass is 32.2. The minimum atomic E-state index is -3.72. The average molecular weight is 354 g/mol. The lowest BCUT2D eigenvalue weighted by molar-refractivity contribution is -0.128. The maximum atomic E-state index is 12.1. The van der Waals surface area contributed by atoms with Crippen LogP contribution in [0.3, 0.4) is 0 Å². The predicted octanol–water partition coefficient (Wildman–Crippen LogP) is 1.22. The third kappa shape index (κ3) is 5.78. The molecule has 1 rings (SSSR count). The zero-order valence-corrected chi connectivity index (χ0v) is 14.7. The first kappa shape index (κ1) is 19.9. The molecule has 0 bridgehead atoms. The molecule has 1 amide bonds. The first-order valence-corrected chi connectivity index (χ1v) is 8.87. The molecular formula is C16H22N2O5S. The molecule has 2 N–H and O–H groups in total. The lowest BCUT2D eigenvalue weighted by atomic mass is 10.2. The molecule has 0 aliphatic carbocycles. The number of nitrogens with one attached hydrogen (secondary N) is 2. The maximum absolute atomic E-state index is 12.1. The molecular weight excluding hydrogens is 332 g/mol. The van der Waals surface area contributed by atoms with Gasteiger partial charge in [0.2, 0.25) is 10.0 Å². The van der Waals surface area contributed by atoms with Crippen LogP contribution < -0.4 is 10.0 Å². The SMILES string of the molecule is C=CCNC(=O)[C@@H](C)OC(=O)c1cccc(S(=O)(=O)NC(C)C)c1. The fourth-order valence-corrected chi connectivity index (χ4v) is 3.06. The molecule has 0 aromatic heterocycles. The largest absolute Gasteiger partial charge is 0.449 e. The zero-order chi connectivity index (χ0) is 18.3. The van der Waals surface area contributed by atoms with Gasteiger partial charge in [0.1, 0.15) is 0 Å². The molecule has 0 aliphatic rings. The van der Waals surface area contributed by atoms with Crippen molar-refractivity contribution in [3.8, 4) is 0 Å². The molecule has 7 nitrogen and oxygen atoms in total. The number of carbonyl (C=O) groups is 2. The molecule has 0 unspecified atom stereocenters. The minimum absolute atomic E-state index is 0.0463.